The summed E-state index contributed by atoms with van der Waals surface area (Å²) < 4.78 is 27.3. The molecule has 3 aromatic rings. The molecule has 38 heavy (non-hydrogen) atoms. The maximum Gasteiger partial charge on any atom is 0.524 e. The van der Waals surface area contributed by atoms with Gasteiger partial charge in [0.05, 0.1) is 24.3 Å². The molecule has 1 fully saturated rings. The summed E-state index contributed by atoms with van der Waals surface area (Å²) in [4.78, 5) is 33.8. The third-order valence-corrected chi connectivity index (χ3v) is 6.64. The van der Waals surface area contributed by atoms with Crippen LogP contribution in [0.5, 0.6) is 11.5 Å². The number of rotatable bonds is 9. The van der Waals surface area contributed by atoms with Gasteiger partial charge in [0, 0.05) is 32.2 Å². The molecule has 4 rings (SSSR count). The second kappa shape index (κ2) is 11.7. The van der Waals surface area contributed by atoms with Crippen molar-refractivity contribution >= 4 is 13.7 Å². The van der Waals surface area contributed by atoms with Crippen molar-refractivity contribution in [2.45, 2.75) is 33.2 Å². The summed E-state index contributed by atoms with van der Waals surface area (Å²) in [6.45, 7) is 9.71. The Morgan fingerprint density at radius 1 is 1.18 bits per heavy atom. The number of nitrogens with one attached hydrogen (secondary N) is 1. The number of hydrogen-bond acceptors (Lipinski definition) is 8. The summed E-state index contributed by atoms with van der Waals surface area (Å²) >= 11 is 0. The minimum absolute atomic E-state index is 0.0591. The fourth-order valence-corrected chi connectivity index (χ4v) is 4.78. The average Bonchev–Trinajstić information content (AvgIpc) is 3.29. The molecule has 0 saturated carbocycles. The van der Waals surface area contributed by atoms with Crippen molar-refractivity contribution in [3.63, 3.8) is 0 Å². The molecule has 2 heterocycles. The number of hydrogen-bond donors (Lipinski definition) is 4. The number of phosphoric ester groups is 1. The number of morpholine rings is 1. The molecule has 4 N–H and O–H groups in total. The number of amides is 1. The SMILES string of the molecule is CCNC(=O)c1noc(-c2cc(C(C)C)c(OP(=O)(O)O)cc2O)c1-c1ccc(CN2CCOCC2)cc1. The number of aromatic nitrogens is 1. The smallest absolute Gasteiger partial charge is 0.507 e. The molecule has 1 saturated heterocycles. The number of benzene rings is 2. The molecule has 1 aliphatic heterocycles. The van der Waals surface area contributed by atoms with Crippen molar-refractivity contribution in [3.05, 3.63) is 53.2 Å². The minimum atomic E-state index is -4.86. The highest BCUT2D eigenvalue weighted by Crippen LogP contribution is 2.47. The van der Waals surface area contributed by atoms with Crippen molar-refractivity contribution in [1.82, 2.24) is 15.4 Å². The molecule has 0 aliphatic carbocycles. The number of phosphoric acid groups is 1. The molecule has 0 atom stereocenters. The van der Waals surface area contributed by atoms with Gasteiger partial charge in [0.2, 0.25) is 0 Å². The average molecular weight is 546 g/mol. The van der Waals surface area contributed by atoms with Crippen molar-refractivity contribution in [1.29, 1.82) is 0 Å². The lowest BCUT2D eigenvalue weighted by molar-refractivity contribution is 0.0342. The lowest BCUT2D eigenvalue weighted by atomic mass is 9.94. The van der Waals surface area contributed by atoms with E-state index in [-0.39, 0.29) is 34.4 Å². The minimum Gasteiger partial charge on any atom is -0.507 e. The van der Waals surface area contributed by atoms with E-state index >= 15 is 0 Å². The van der Waals surface area contributed by atoms with Crippen molar-refractivity contribution < 1.29 is 38.0 Å². The van der Waals surface area contributed by atoms with E-state index in [1.54, 1.807) is 6.92 Å². The van der Waals surface area contributed by atoms with E-state index in [1.165, 1.54) is 6.07 Å². The Hall–Kier alpha value is -3.21. The van der Waals surface area contributed by atoms with Gasteiger partial charge in [-0.1, -0.05) is 43.3 Å². The van der Waals surface area contributed by atoms with Crippen LogP contribution in [-0.4, -0.2) is 63.7 Å². The van der Waals surface area contributed by atoms with E-state index in [2.05, 4.69) is 15.4 Å². The Morgan fingerprint density at radius 2 is 1.87 bits per heavy atom. The fraction of sp³-hybridized carbons (Fsp3) is 0.385. The second-order valence-corrected chi connectivity index (χ2v) is 10.5. The third-order valence-electron chi connectivity index (χ3n) is 6.21. The summed E-state index contributed by atoms with van der Waals surface area (Å²) in [5.41, 5.74) is 2.85. The van der Waals surface area contributed by atoms with Gasteiger partial charge in [0.15, 0.2) is 11.5 Å². The van der Waals surface area contributed by atoms with Crippen molar-refractivity contribution in [3.8, 4) is 33.9 Å². The lowest BCUT2D eigenvalue weighted by Gasteiger charge is -2.26. The summed E-state index contributed by atoms with van der Waals surface area (Å²) in [6.07, 6.45) is 0. The van der Waals surface area contributed by atoms with Crippen LogP contribution >= 0.6 is 7.82 Å². The van der Waals surface area contributed by atoms with Gasteiger partial charge in [-0.2, -0.15) is 0 Å². The van der Waals surface area contributed by atoms with Crippen molar-refractivity contribution in [2.24, 2.45) is 0 Å². The van der Waals surface area contributed by atoms with Crippen LogP contribution in [0, 0.1) is 0 Å². The highest BCUT2D eigenvalue weighted by molar-refractivity contribution is 7.46. The normalized spacial score (nSPS) is 14.6. The molecule has 11 nitrogen and oxygen atoms in total. The molecule has 0 bridgehead atoms. The van der Waals surface area contributed by atoms with Crippen molar-refractivity contribution in [2.75, 3.05) is 32.8 Å². The summed E-state index contributed by atoms with van der Waals surface area (Å²) in [5.74, 6) is -0.993. The number of phenols is 1. The highest BCUT2D eigenvalue weighted by atomic mass is 31.2. The van der Waals surface area contributed by atoms with Gasteiger partial charge in [-0.15, -0.1) is 0 Å². The Labute approximate surface area is 220 Å². The first kappa shape index (κ1) is 27.8. The number of nitrogens with zero attached hydrogens (tertiary/aromatic N) is 2. The zero-order valence-electron chi connectivity index (χ0n) is 21.5. The molecular formula is C26H32N3O8P. The van der Waals surface area contributed by atoms with E-state index in [1.807, 2.05) is 38.1 Å². The van der Waals surface area contributed by atoms with Gasteiger partial charge in [-0.05, 0) is 35.6 Å². The lowest BCUT2D eigenvalue weighted by Crippen LogP contribution is -2.35. The second-order valence-electron chi connectivity index (χ2n) is 9.32. The van der Waals surface area contributed by atoms with Crippen LogP contribution in [0.1, 0.15) is 48.3 Å². The first-order valence-corrected chi connectivity index (χ1v) is 13.9. The molecule has 0 unspecified atom stereocenters. The Balaban J connectivity index is 1.78. The fourth-order valence-electron chi connectivity index (χ4n) is 4.36. The van der Waals surface area contributed by atoms with Crippen LogP contribution in [0.15, 0.2) is 40.9 Å². The van der Waals surface area contributed by atoms with E-state index in [0.29, 0.717) is 36.4 Å². The van der Waals surface area contributed by atoms with Crippen LogP contribution in [0.2, 0.25) is 0 Å². The number of ether oxygens (including phenoxy) is 1. The zero-order valence-corrected chi connectivity index (χ0v) is 22.4. The van der Waals surface area contributed by atoms with E-state index < -0.39 is 13.7 Å². The third kappa shape index (κ3) is 6.43. The number of carbonyl (C=O) groups excluding carboxylic acids is 1. The summed E-state index contributed by atoms with van der Waals surface area (Å²) in [7, 11) is -4.86. The maximum absolute atomic E-state index is 12.9. The molecule has 1 aliphatic rings. The number of aromatic hydroxyl groups is 1. The Kier molecular flexibility index (Phi) is 8.54. The number of carbonyl (C=O) groups is 1. The predicted octanol–water partition coefficient (Wildman–Crippen LogP) is 3.89. The summed E-state index contributed by atoms with van der Waals surface area (Å²) in [6, 6.07) is 10.4. The monoisotopic (exact) mass is 545 g/mol. The van der Waals surface area contributed by atoms with Crippen LogP contribution < -0.4 is 9.84 Å². The first-order chi connectivity index (χ1) is 18.1. The van der Waals surface area contributed by atoms with Crippen LogP contribution in [0.25, 0.3) is 22.5 Å². The van der Waals surface area contributed by atoms with Crippen LogP contribution in [0.4, 0.5) is 0 Å². The molecule has 1 aromatic heterocycles. The predicted molar refractivity (Wildman–Crippen MR) is 140 cm³/mol. The Bertz CT molecular complexity index is 1330. The van der Waals surface area contributed by atoms with Crippen LogP contribution in [0.3, 0.4) is 0 Å². The molecule has 0 spiro atoms. The maximum atomic E-state index is 12.9. The van der Waals surface area contributed by atoms with Gasteiger partial charge in [-0.3, -0.25) is 19.5 Å². The molecule has 1 amide bonds. The van der Waals surface area contributed by atoms with E-state index in [0.717, 1.165) is 31.3 Å². The zero-order chi connectivity index (χ0) is 27.4. The molecule has 204 valence electrons. The topological polar surface area (TPSA) is 155 Å². The molecule has 12 heteroatoms. The highest BCUT2D eigenvalue weighted by Gasteiger charge is 2.28. The van der Waals surface area contributed by atoms with E-state index in [9.17, 15) is 24.3 Å². The summed E-state index contributed by atoms with van der Waals surface area (Å²) in [5, 5.41) is 17.6. The largest absolute Gasteiger partial charge is 0.524 e. The first-order valence-electron chi connectivity index (χ1n) is 12.4. The molecular weight excluding hydrogens is 513 g/mol. The standard InChI is InChI=1S/C26H32N3O8P/c1-4-27-26(31)24-23(18-7-5-17(6-8-18)15-29-9-11-35-12-10-29)25(36-28-24)20-13-19(16(2)3)22(14-21(20)30)37-38(32,33)34/h5-8,13-14,16,30H,4,9-12,15H2,1-3H3,(H,27,31)(H2,32,33,34). The molecule has 0 radical (unpaired) electrons. The van der Waals surface area contributed by atoms with Gasteiger partial charge >= 0.3 is 7.82 Å². The quantitative estimate of drug-likeness (QED) is 0.291. The van der Waals surface area contributed by atoms with Gasteiger partial charge in [0.25, 0.3) is 5.91 Å². The van der Waals surface area contributed by atoms with Gasteiger partial charge in [-0.25, -0.2) is 4.57 Å². The van der Waals surface area contributed by atoms with Gasteiger partial charge in [0.1, 0.15) is 11.5 Å². The number of phenolic OH excluding ortho intramolecular Hbond substituents is 1. The molecule has 2 aromatic carbocycles. The van der Waals surface area contributed by atoms with Gasteiger partial charge < -0.3 is 24.2 Å². The Morgan fingerprint density at radius 3 is 2.47 bits per heavy atom. The van der Waals surface area contributed by atoms with E-state index in [4.69, 9.17) is 13.8 Å². The van der Waals surface area contributed by atoms with Crippen LogP contribution in [-0.2, 0) is 15.8 Å².